The number of rotatable bonds is 5. The highest BCUT2D eigenvalue weighted by Gasteiger charge is 2.25. The number of hydrogen-bond donors (Lipinski definition) is 1. The summed E-state index contributed by atoms with van der Waals surface area (Å²) in [7, 11) is 0. The molecule has 100 valence electrons. The normalized spacial score (nSPS) is 11.3. The van der Waals surface area contributed by atoms with Crippen molar-refractivity contribution in [2.75, 3.05) is 11.9 Å². The van der Waals surface area contributed by atoms with E-state index < -0.39 is 17.5 Å². The molecule has 0 atom stereocenters. The van der Waals surface area contributed by atoms with Crippen molar-refractivity contribution in [1.82, 2.24) is 4.98 Å². The van der Waals surface area contributed by atoms with E-state index >= 15 is 0 Å². The van der Waals surface area contributed by atoms with Crippen LogP contribution in [-0.2, 0) is 0 Å². The Morgan fingerprint density at radius 3 is 2.67 bits per heavy atom. The smallest absolute Gasteiger partial charge is 0.370 e. The van der Waals surface area contributed by atoms with Gasteiger partial charge in [0.05, 0.1) is 4.92 Å². The molecule has 0 saturated heterocycles. The quantitative estimate of drug-likeness (QED) is 0.503. The first-order valence-electron chi connectivity index (χ1n) is 5.21. The predicted octanol–water partition coefficient (Wildman–Crippen LogP) is 3.05. The second-order valence-electron chi connectivity index (χ2n) is 3.76. The average molecular weight is 263 g/mol. The van der Waals surface area contributed by atoms with Crippen molar-refractivity contribution in [1.29, 1.82) is 0 Å². The lowest BCUT2D eigenvalue weighted by Gasteiger charge is -2.08. The van der Waals surface area contributed by atoms with Gasteiger partial charge in [0, 0.05) is 18.5 Å². The van der Waals surface area contributed by atoms with Gasteiger partial charge in [-0.1, -0.05) is 0 Å². The SMILES string of the molecule is Cc1cc(NCCCC(F)(F)F)ncc1[N+](=O)[O-]. The van der Waals surface area contributed by atoms with Gasteiger partial charge in [-0.15, -0.1) is 0 Å². The molecule has 1 N–H and O–H groups in total. The topological polar surface area (TPSA) is 68.1 Å². The van der Waals surface area contributed by atoms with Crippen LogP contribution in [-0.4, -0.2) is 22.6 Å². The Morgan fingerprint density at radius 1 is 1.50 bits per heavy atom. The molecule has 8 heteroatoms. The molecule has 0 aliphatic carbocycles. The van der Waals surface area contributed by atoms with Crippen molar-refractivity contribution >= 4 is 11.5 Å². The average Bonchev–Trinajstić information content (AvgIpc) is 2.22. The van der Waals surface area contributed by atoms with Gasteiger partial charge in [0.15, 0.2) is 0 Å². The second kappa shape index (κ2) is 5.65. The van der Waals surface area contributed by atoms with Crippen LogP contribution in [0.25, 0.3) is 0 Å². The van der Waals surface area contributed by atoms with Crippen molar-refractivity contribution < 1.29 is 18.1 Å². The monoisotopic (exact) mass is 263 g/mol. The van der Waals surface area contributed by atoms with Gasteiger partial charge in [-0.2, -0.15) is 13.2 Å². The fourth-order valence-corrected chi connectivity index (χ4v) is 1.34. The first-order chi connectivity index (χ1) is 8.29. The zero-order valence-electron chi connectivity index (χ0n) is 9.62. The van der Waals surface area contributed by atoms with E-state index in [0.717, 1.165) is 6.20 Å². The Balaban J connectivity index is 2.49. The number of aromatic nitrogens is 1. The van der Waals surface area contributed by atoms with Crippen LogP contribution in [0.2, 0.25) is 0 Å². The highest BCUT2D eigenvalue weighted by molar-refractivity contribution is 5.46. The zero-order valence-corrected chi connectivity index (χ0v) is 9.62. The van der Waals surface area contributed by atoms with E-state index in [1.54, 1.807) is 6.92 Å². The number of anilines is 1. The fraction of sp³-hybridized carbons (Fsp3) is 0.500. The van der Waals surface area contributed by atoms with Gasteiger partial charge >= 0.3 is 6.18 Å². The molecule has 0 saturated carbocycles. The molecule has 18 heavy (non-hydrogen) atoms. The summed E-state index contributed by atoms with van der Waals surface area (Å²) in [5.74, 6) is 0.334. The number of nitro groups is 1. The molecule has 0 aliphatic heterocycles. The van der Waals surface area contributed by atoms with Crippen molar-refractivity contribution in [3.63, 3.8) is 0 Å². The van der Waals surface area contributed by atoms with Crippen molar-refractivity contribution in [3.05, 3.63) is 27.9 Å². The Hall–Kier alpha value is -1.86. The molecule has 5 nitrogen and oxygen atoms in total. The summed E-state index contributed by atoms with van der Waals surface area (Å²) in [4.78, 5) is 13.7. The molecule has 0 amide bonds. The Kier molecular flexibility index (Phi) is 4.46. The van der Waals surface area contributed by atoms with Gasteiger partial charge in [0.2, 0.25) is 0 Å². The molecule has 1 aromatic heterocycles. The third-order valence-corrected chi connectivity index (χ3v) is 2.22. The highest BCUT2D eigenvalue weighted by atomic mass is 19.4. The summed E-state index contributed by atoms with van der Waals surface area (Å²) in [6, 6.07) is 1.44. The molecule has 1 aromatic rings. The molecule has 0 aliphatic rings. The Labute approximate surface area is 101 Å². The standard InChI is InChI=1S/C10H12F3N3O2/c1-7-5-9(15-6-8(7)16(17)18)14-4-2-3-10(11,12)13/h5-6H,2-4H2,1H3,(H,14,15). The summed E-state index contributed by atoms with van der Waals surface area (Å²) >= 11 is 0. The molecule has 0 radical (unpaired) electrons. The molecular formula is C10H12F3N3O2. The minimum Gasteiger partial charge on any atom is -0.370 e. The Morgan fingerprint density at radius 2 is 2.17 bits per heavy atom. The predicted molar refractivity (Wildman–Crippen MR) is 59.4 cm³/mol. The van der Waals surface area contributed by atoms with Crippen molar-refractivity contribution in [2.24, 2.45) is 0 Å². The summed E-state index contributed by atoms with van der Waals surface area (Å²) < 4.78 is 35.6. The minimum absolute atomic E-state index is 0.0682. The lowest BCUT2D eigenvalue weighted by Crippen LogP contribution is -2.11. The van der Waals surface area contributed by atoms with Gasteiger partial charge in [-0.05, 0) is 19.4 Å². The van der Waals surface area contributed by atoms with Crippen LogP contribution in [0.5, 0.6) is 0 Å². The lowest BCUT2D eigenvalue weighted by molar-refractivity contribution is -0.385. The maximum absolute atomic E-state index is 11.9. The van der Waals surface area contributed by atoms with Crippen LogP contribution in [0, 0.1) is 17.0 Å². The molecule has 0 fully saturated rings. The van der Waals surface area contributed by atoms with E-state index in [0.29, 0.717) is 11.4 Å². The number of pyridine rings is 1. The summed E-state index contributed by atoms with van der Waals surface area (Å²) in [6.07, 6.45) is -4.02. The van der Waals surface area contributed by atoms with Crippen LogP contribution >= 0.6 is 0 Å². The number of hydrogen-bond acceptors (Lipinski definition) is 4. The van der Waals surface area contributed by atoms with Crippen LogP contribution in [0.1, 0.15) is 18.4 Å². The van der Waals surface area contributed by atoms with Crippen LogP contribution in [0.3, 0.4) is 0 Å². The summed E-state index contributed by atoms with van der Waals surface area (Å²) in [6.45, 7) is 1.66. The molecule has 0 bridgehead atoms. The van der Waals surface area contributed by atoms with Crippen molar-refractivity contribution in [2.45, 2.75) is 25.9 Å². The number of alkyl halides is 3. The van der Waals surface area contributed by atoms with Crippen LogP contribution < -0.4 is 5.32 Å². The van der Waals surface area contributed by atoms with E-state index in [2.05, 4.69) is 10.3 Å². The molecule has 0 unspecified atom stereocenters. The highest BCUT2D eigenvalue weighted by Crippen LogP contribution is 2.22. The number of nitrogens with zero attached hydrogens (tertiary/aromatic N) is 2. The van der Waals surface area contributed by atoms with E-state index in [4.69, 9.17) is 0 Å². The first kappa shape index (κ1) is 14.2. The molecule has 0 aromatic carbocycles. The van der Waals surface area contributed by atoms with Gasteiger partial charge in [-0.3, -0.25) is 10.1 Å². The van der Waals surface area contributed by atoms with E-state index in [1.165, 1.54) is 6.07 Å². The number of nitrogens with one attached hydrogen (secondary N) is 1. The minimum atomic E-state index is -4.17. The molecular weight excluding hydrogens is 251 g/mol. The van der Waals surface area contributed by atoms with Gasteiger partial charge in [0.1, 0.15) is 12.0 Å². The van der Waals surface area contributed by atoms with E-state index in [9.17, 15) is 23.3 Å². The van der Waals surface area contributed by atoms with Crippen LogP contribution in [0.4, 0.5) is 24.7 Å². The molecule has 0 spiro atoms. The first-order valence-corrected chi connectivity index (χ1v) is 5.21. The zero-order chi connectivity index (χ0) is 13.8. The van der Waals surface area contributed by atoms with Crippen LogP contribution in [0.15, 0.2) is 12.3 Å². The largest absolute Gasteiger partial charge is 0.389 e. The molecule has 1 heterocycles. The van der Waals surface area contributed by atoms with E-state index in [1.807, 2.05) is 0 Å². The lowest BCUT2D eigenvalue weighted by atomic mass is 10.2. The maximum Gasteiger partial charge on any atom is 0.389 e. The second-order valence-corrected chi connectivity index (χ2v) is 3.76. The maximum atomic E-state index is 11.9. The Bertz CT molecular complexity index is 435. The van der Waals surface area contributed by atoms with E-state index in [-0.39, 0.29) is 18.7 Å². The van der Waals surface area contributed by atoms with Gasteiger partial charge in [0.25, 0.3) is 5.69 Å². The van der Waals surface area contributed by atoms with Crippen molar-refractivity contribution in [3.8, 4) is 0 Å². The van der Waals surface area contributed by atoms with Gasteiger partial charge in [-0.25, -0.2) is 4.98 Å². The summed E-state index contributed by atoms with van der Waals surface area (Å²) in [5, 5.41) is 13.2. The number of aryl methyl sites for hydroxylation is 1. The third kappa shape index (κ3) is 4.56. The molecule has 1 rings (SSSR count). The summed E-state index contributed by atoms with van der Waals surface area (Å²) in [5.41, 5.74) is 0.296. The fourth-order valence-electron chi connectivity index (χ4n) is 1.34. The van der Waals surface area contributed by atoms with Gasteiger partial charge < -0.3 is 5.32 Å². The third-order valence-electron chi connectivity index (χ3n) is 2.22. The number of halogens is 3.